The van der Waals surface area contributed by atoms with Gasteiger partial charge in [-0.3, -0.25) is 4.79 Å². The van der Waals surface area contributed by atoms with Gasteiger partial charge in [0, 0.05) is 25.6 Å². The van der Waals surface area contributed by atoms with Crippen LogP contribution in [0.3, 0.4) is 0 Å². The van der Waals surface area contributed by atoms with Crippen LogP contribution in [0.5, 0.6) is 5.75 Å². The Labute approximate surface area is 155 Å². The van der Waals surface area contributed by atoms with E-state index in [-0.39, 0.29) is 35.6 Å². The van der Waals surface area contributed by atoms with E-state index in [1.165, 1.54) is 28.6 Å². The predicted octanol–water partition coefficient (Wildman–Crippen LogP) is 2.40. The number of aromatic hydroxyl groups is 1. The number of carbonyl (C=O) groups is 2. The number of aromatic nitrogens is 2. The molecular weight excluding hydrogens is 350 g/mol. The maximum atomic E-state index is 11.7. The molecular formula is C18H19N5O4. The highest BCUT2D eigenvalue weighted by atomic mass is 16.4. The van der Waals surface area contributed by atoms with E-state index < -0.39 is 6.09 Å². The fraction of sp³-hybridized carbons (Fsp3) is 0.333. The summed E-state index contributed by atoms with van der Waals surface area (Å²) in [4.78, 5) is 24.3. The maximum Gasteiger partial charge on any atom is 0.407 e. The first-order valence-corrected chi connectivity index (χ1v) is 8.48. The van der Waals surface area contributed by atoms with Crippen molar-refractivity contribution in [2.75, 3.05) is 18.4 Å². The van der Waals surface area contributed by atoms with Gasteiger partial charge in [-0.05, 0) is 37.1 Å². The second kappa shape index (κ2) is 7.37. The molecule has 1 unspecified atom stereocenters. The topological polar surface area (TPSA) is 131 Å². The van der Waals surface area contributed by atoms with Gasteiger partial charge in [0.25, 0.3) is 0 Å². The third-order valence-electron chi connectivity index (χ3n) is 4.47. The van der Waals surface area contributed by atoms with Crippen LogP contribution in [0.4, 0.5) is 10.6 Å². The van der Waals surface area contributed by atoms with Crippen molar-refractivity contribution >= 4 is 17.8 Å². The van der Waals surface area contributed by atoms with E-state index in [0.29, 0.717) is 30.6 Å². The van der Waals surface area contributed by atoms with E-state index >= 15 is 0 Å². The number of rotatable bonds is 3. The van der Waals surface area contributed by atoms with E-state index in [9.17, 15) is 25.1 Å². The van der Waals surface area contributed by atoms with Crippen molar-refractivity contribution < 1.29 is 19.8 Å². The number of benzene rings is 1. The Balaban J connectivity index is 2.09. The van der Waals surface area contributed by atoms with Crippen LogP contribution in [-0.2, 0) is 4.79 Å². The van der Waals surface area contributed by atoms with E-state index in [2.05, 4.69) is 16.5 Å². The van der Waals surface area contributed by atoms with Crippen LogP contribution in [0.1, 0.15) is 31.4 Å². The van der Waals surface area contributed by atoms with Crippen LogP contribution in [0.15, 0.2) is 24.3 Å². The SMILES string of the molecule is CC(=O)Nc1c(C#N)c(-c2ccc(O)cc2)nn1C1CCCN(C(=O)O)C1. The van der Waals surface area contributed by atoms with Crippen molar-refractivity contribution in [2.45, 2.75) is 25.8 Å². The summed E-state index contributed by atoms with van der Waals surface area (Å²) in [6, 6.07) is 8.02. The van der Waals surface area contributed by atoms with Gasteiger partial charge < -0.3 is 20.4 Å². The van der Waals surface area contributed by atoms with Crippen molar-refractivity contribution in [3.05, 3.63) is 29.8 Å². The molecule has 3 rings (SSSR count). The molecule has 1 fully saturated rings. The molecule has 3 N–H and O–H groups in total. The molecule has 2 amide bonds. The lowest BCUT2D eigenvalue weighted by Gasteiger charge is -2.31. The number of carboxylic acid groups (broad SMARTS) is 1. The summed E-state index contributed by atoms with van der Waals surface area (Å²) in [7, 11) is 0. The first-order chi connectivity index (χ1) is 12.9. The number of likely N-dealkylation sites (tertiary alicyclic amines) is 1. The molecule has 2 aromatic rings. The van der Waals surface area contributed by atoms with Crippen LogP contribution in [0, 0.1) is 11.3 Å². The molecule has 140 valence electrons. The lowest BCUT2D eigenvalue weighted by atomic mass is 10.1. The summed E-state index contributed by atoms with van der Waals surface area (Å²) in [6.45, 7) is 2.01. The zero-order valence-electron chi connectivity index (χ0n) is 14.7. The van der Waals surface area contributed by atoms with E-state index in [1.54, 1.807) is 12.1 Å². The number of hydrogen-bond acceptors (Lipinski definition) is 5. The van der Waals surface area contributed by atoms with Crippen molar-refractivity contribution in [1.29, 1.82) is 5.26 Å². The molecule has 0 bridgehead atoms. The van der Waals surface area contributed by atoms with Gasteiger partial charge >= 0.3 is 6.09 Å². The summed E-state index contributed by atoms with van der Waals surface area (Å²) >= 11 is 0. The molecule has 9 nitrogen and oxygen atoms in total. The highest BCUT2D eigenvalue weighted by molar-refractivity contribution is 5.91. The number of hydrogen-bond donors (Lipinski definition) is 3. The zero-order chi connectivity index (χ0) is 19.6. The Morgan fingerprint density at radius 3 is 2.63 bits per heavy atom. The molecule has 1 aliphatic heterocycles. The summed E-state index contributed by atoms with van der Waals surface area (Å²) in [5, 5.41) is 35.6. The number of carbonyl (C=O) groups excluding carboxylic acids is 1. The Morgan fingerprint density at radius 2 is 2.04 bits per heavy atom. The number of phenolic OH excluding ortho intramolecular Hbond substituents is 1. The van der Waals surface area contributed by atoms with Gasteiger partial charge in [-0.25, -0.2) is 9.48 Å². The Bertz CT molecular complexity index is 913. The normalized spacial score (nSPS) is 16.6. The average molecular weight is 369 g/mol. The van der Waals surface area contributed by atoms with Gasteiger partial charge in [-0.2, -0.15) is 10.4 Å². The fourth-order valence-corrected chi connectivity index (χ4v) is 3.24. The predicted molar refractivity (Wildman–Crippen MR) is 96.2 cm³/mol. The first kappa shape index (κ1) is 18.3. The van der Waals surface area contributed by atoms with Gasteiger partial charge in [0.1, 0.15) is 28.9 Å². The maximum absolute atomic E-state index is 11.7. The average Bonchev–Trinajstić information content (AvgIpc) is 3.00. The molecule has 0 saturated carbocycles. The van der Waals surface area contributed by atoms with Gasteiger partial charge in [0.05, 0.1) is 6.04 Å². The van der Waals surface area contributed by atoms with Crippen molar-refractivity contribution in [2.24, 2.45) is 0 Å². The molecule has 1 atom stereocenters. The number of phenols is 1. The summed E-state index contributed by atoms with van der Waals surface area (Å²) < 4.78 is 1.54. The molecule has 2 heterocycles. The largest absolute Gasteiger partial charge is 0.508 e. The third kappa shape index (κ3) is 3.69. The molecule has 1 aromatic carbocycles. The van der Waals surface area contributed by atoms with Crippen LogP contribution in [0.2, 0.25) is 0 Å². The number of amides is 2. The van der Waals surface area contributed by atoms with Gasteiger partial charge in [0.2, 0.25) is 5.91 Å². The van der Waals surface area contributed by atoms with Gasteiger partial charge in [-0.15, -0.1) is 0 Å². The van der Waals surface area contributed by atoms with E-state index in [0.717, 1.165) is 0 Å². The fourth-order valence-electron chi connectivity index (χ4n) is 3.24. The third-order valence-corrected chi connectivity index (χ3v) is 4.47. The quantitative estimate of drug-likeness (QED) is 0.761. The minimum atomic E-state index is -1.01. The standard InChI is InChI=1S/C18H19N5O4/c1-11(24)20-17-15(9-19)16(12-4-6-14(25)7-5-12)21-23(17)13-3-2-8-22(10-13)18(26)27/h4-7,13,25H,2-3,8,10H2,1H3,(H,20,24)(H,26,27). The van der Waals surface area contributed by atoms with Gasteiger partial charge in [0.15, 0.2) is 0 Å². The highest BCUT2D eigenvalue weighted by Crippen LogP contribution is 2.33. The molecule has 0 aliphatic carbocycles. The van der Waals surface area contributed by atoms with Crippen LogP contribution < -0.4 is 5.32 Å². The number of nitrogens with zero attached hydrogens (tertiary/aromatic N) is 4. The Morgan fingerprint density at radius 1 is 1.33 bits per heavy atom. The second-order valence-corrected chi connectivity index (χ2v) is 6.38. The summed E-state index contributed by atoms with van der Waals surface area (Å²) in [5.41, 5.74) is 1.18. The number of nitrogens with one attached hydrogen (secondary N) is 1. The smallest absolute Gasteiger partial charge is 0.407 e. The molecule has 27 heavy (non-hydrogen) atoms. The number of anilines is 1. The zero-order valence-corrected chi connectivity index (χ0v) is 14.7. The lowest BCUT2D eigenvalue weighted by molar-refractivity contribution is -0.114. The van der Waals surface area contributed by atoms with Crippen LogP contribution in [0.25, 0.3) is 11.3 Å². The molecule has 1 aromatic heterocycles. The highest BCUT2D eigenvalue weighted by Gasteiger charge is 2.30. The first-order valence-electron chi connectivity index (χ1n) is 8.48. The van der Waals surface area contributed by atoms with Crippen LogP contribution >= 0.6 is 0 Å². The molecule has 1 saturated heterocycles. The monoisotopic (exact) mass is 369 g/mol. The summed E-state index contributed by atoms with van der Waals surface area (Å²) in [5.74, 6) is -0.00993. The Hall–Kier alpha value is -3.54. The van der Waals surface area contributed by atoms with Crippen molar-refractivity contribution in [3.63, 3.8) is 0 Å². The Kier molecular flexibility index (Phi) is 4.98. The van der Waals surface area contributed by atoms with Crippen molar-refractivity contribution in [1.82, 2.24) is 14.7 Å². The number of nitriles is 1. The minimum Gasteiger partial charge on any atom is -0.508 e. The summed E-state index contributed by atoms with van der Waals surface area (Å²) in [6.07, 6.45) is 0.331. The van der Waals surface area contributed by atoms with E-state index in [1.807, 2.05) is 0 Å². The van der Waals surface area contributed by atoms with Gasteiger partial charge in [-0.1, -0.05) is 0 Å². The van der Waals surface area contributed by atoms with E-state index in [4.69, 9.17) is 0 Å². The molecule has 0 spiro atoms. The second-order valence-electron chi connectivity index (χ2n) is 6.38. The molecule has 0 radical (unpaired) electrons. The lowest BCUT2D eigenvalue weighted by Crippen LogP contribution is -2.40. The minimum absolute atomic E-state index is 0.0863. The molecule has 1 aliphatic rings. The molecule has 9 heteroatoms. The van der Waals surface area contributed by atoms with Crippen LogP contribution in [-0.4, -0.2) is 50.0 Å². The number of piperidine rings is 1. The van der Waals surface area contributed by atoms with Crippen molar-refractivity contribution in [3.8, 4) is 23.1 Å².